The largest absolute Gasteiger partial charge is 0.497 e. The highest BCUT2D eigenvalue weighted by molar-refractivity contribution is 5.94. The second-order valence-corrected chi connectivity index (χ2v) is 4.67. The lowest BCUT2D eigenvalue weighted by atomic mass is 10.0. The first-order valence-corrected chi connectivity index (χ1v) is 6.45. The van der Waals surface area contributed by atoms with Crippen LogP contribution >= 0.6 is 0 Å². The third-order valence-corrected chi connectivity index (χ3v) is 3.33. The number of rotatable bonds is 3. The molecule has 0 aliphatic rings. The molecule has 1 N–H and O–H groups in total. The van der Waals surface area contributed by atoms with Crippen LogP contribution in [0.1, 0.15) is 10.4 Å². The number of fused-ring (bicyclic) bond motifs is 1. The molecule has 1 aromatic heterocycles. The maximum absolute atomic E-state index is 11.0. The minimum Gasteiger partial charge on any atom is -0.497 e. The van der Waals surface area contributed by atoms with E-state index < -0.39 is 5.97 Å². The lowest BCUT2D eigenvalue weighted by Gasteiger charge is -2.06. The van der Waals surface area contributed by atoms with Crippen LogP contribution in [0.5, 0.6) is 5.75 Å². The molecule has 0 saturated heterocycles. The molecule has 0 atom stereocenters. The number of aromatic nitrogens is 1. The van der Waals surface area contributed by atoms with Gasteiger partial charge in [-0.05, 0) is 42.0 Å². The molecule has 0 aliphatic carbocycles. The van der Waals surface area contributed by atoms with Crippen molar-refractivity contribution < 1.29 is 14.6 Å². The first-order chi connectivity index (χ1) is 10.2. The van der Waals surface area contributed by atoms with E-state index in [4.69, 9.17) is 9.84 Å². The number of hydrogen-bond acceptors (Lipinski definition) is 3. The fourth-order valence-corrected chi connectivity index (χ4v) is 2.23. The molecule has 0 aliphatic heterocycles. The van der Waals surface area contributed by atoms with Gasteiger partial charge >= 0.3 is 5.97 Å². The number of carbonyl (C=O) groups is 1. The number of hydrogen-bond donors (Lipinski definition) is 1. The summed E-state index contributed by atoms with van der Waals surface area (Å²) in [6.45, 7) is 0. The van der Waals surface area contributed by atoms with Crippen LogP contribution < -0.4 is 4.74 Å². The molecule has 0 amide bonds. The van der Waals surface area contributed by atoms with Gasteiger partial charge in [-0.1, -0.05) is 12.1 Å². The van der Waals surface area contributed by atoms with E-state index in [1.54, 1.807) is 31.5 Å². The molecule has 0 unspecified atom stereocenters. The number of carboxylic acids is 1. The van der Waals surface area contributed by atoms with Crippen LogP contribution in [0.4, 0.5) is 0 Å². The maximum atomic E-state index is 11.0. The number of pyridine rings is 1. The number of carboxylic acid groups (broad SMARTS) is 1. The van der Waals surface area contributed by atoms with E-state index >= 15 is 0 Å². The fraction of sp³-hybridized carbons (Fsp3) is 0.0588. The predicted octanol–water partition coefficient (Wildman–Crippen LogP) is 3.61. The molecule has 0 bridgehead atoms. The molecule has 4 heteroatoms. The normalized spacial score (nSPS) is 10.5. The van der Waals surface area contributed by atoms with Crippen LogP contribution in [0.2, 0.25) is 0 Å². The molecule has 0 fully saturated rings. The van der Waals surface area contributed by atoms with Gasteiger partial charge in [-0.3, -0.25) is 4.98 Å². The number of nitrogens with zero attached hydrogens (tertiary/aromatic N) is 1. The summed E-state index contributed by atoms with van der Waals surface area (Å²) in [5, 5.41) is 9.86. The van der Waals surface area contributed by atoms with Crippen molar-refractivity contribution in [2.24, 2.45) is 0 Å². The Hall–Kier alpha value is -2.88. The minimum absolute atomic E-state index is 0.257. The number of methoxy groups -OCH3 is 1. The van der Waals surface area contributed by atoms with E-state index in [1.165, 1.54) is 0 Å². The van der Waals surface area contributed by atoms with E-state index in [1.807, 2.05) is 30.3 Å². The van der Waals surface area contributed by atoms with E-state index in [0.29, 0.717) is 0 Å². The van der Waals surface area contributed by atoms with Gasteiger partial charge in [0, 0.05) is 17.1 Å². The third kappa shape index (κ3) is 2.56. The highest BCUT2D eigenvalue weighted by Crippen LogP contribution is 2.26. The highest BCUT2D eigenvalue weighted by atomic mass is 16.5. The van der Waals surface area contributed by atoms with E-state index in [-0.39, 0.29) is 5.56 Å². The average Bonchev–Trinajstić information content (AvgIpc) is 2.53. The number of benzene rings is 2. The molecule has 3 rings (SSSR count). The maximum Gasteiger partial charge on any atom is 0.335 e. The summed E-state index contributed by atoms with van der Waals surface area (Å²) in [4.78, 5) is 15.4. The van der Waals surface area contributed by atoms with Crippen molar-refractivity contribution in [3.05, 3.63) is 60.3 Å². The second-order valence-electron chi connectivity index (χ2n) is 4.67. The van der Waals surface area contributed by atoms with Gasteiger partial charge in [0.15, 0.2) is 0 Å². The Morgan fingerprint density at radius 1 is 1.10 bits per heavy atom. The molecule has 21 heavy (non-hydrogen) atoms. The zero-order valence-corrected chi connectivity index (χ0v) is 11.4. The Morgan fingerprint density at radius 3 is 2.71 bits per heavy atom. The van der Waals surface area contributed by atoms with Crippen LogP contribution in [-0.2, 0) is 0 Å². The van der Waals surface area contributed by atoms with Crippen molar-refractivity contribution in [2.75, 3.05) is 7.11 Å². The summed E-state index contributed by atoms with van der Waals surface area (Å²) in [6.07, 6.45) is 1.78. The van der Waals surface area contributed by atoms with Crippen LogP contribution in [0.3, 0.4) is 0 Å². The SMILES string of the molecule is COc1cccc(-c2cnc3ccc(C(=O)O)cc3c2)c1. The van der Waals surface area contributed by atoms with Crippen molar-refractivity contribution in [1.82, 2.24) is 4.98 Å². The van der Waals surface area contributed by atoms with Gasteiger partial charge < -0.3 is 9.84 Å². The molecule has 104 valence electrons. The standard InChI is InChI=1S/C17H13NO3/c1-21-15-4-2-3-11(9-15)14-8-13-7-12(17(19)20)5-6-16(13)18-10-14/h2-10H,1H3,(H,19,20). The van der Waals surface area contributed by atoms with E-state index in [2.05, 4.69) is 4.98 Å². The third-order valence-electron chi connectivity index (χ3n) is 3.33. The zero-order chi connectivity index (χ0) is 14.8. The first kappa shape index (κ1) is 13.1. The lowest BCUT2D eigenvalue weighted by Crippen LogP contribution is -1.95. The molecule has 1 heterocycles. The van der Waals surface area contributed by atoms with Crippen molar-refractivity contribution in [3.8, 4) is 16.9 Å². The quantitative estimate of drug-likeness (QED) is 0.795. The molecule has 3 aromatic rings. The Kier molecular flexibility index (Phi) is 3.28. The molecule has 4 nitrogen and oxygen atoms in total. The highest BCUT2D eigenvalue weighted by Gasteiger charge is 2.06. The topological polar surface area (TPSA) is 59.4 Å². The Balaban J connectivity index is 2.12. The van der Waals surface area contributed by atoms with Gasteiger partial charge in [0.05, 0.1) is 18.2 Å². The van der Waals surface area contributed by atoms with Crippen molar-refractivity contribution in [3.63, 3.8) is 0 Å². The molecular formula is C17H13NO3. The summed E-state index contributed by atoms with van der Waals surface area (Å²) in [6, 6.07) is 14.5. The summed E-state index contributed by atoms with van der Waals surface area (Å²) >= 11 is 0. The predicted molar refractivity (Wildman–Crippen MR) is 80.7 cm³/mol. The van der Waals surface area contributed by atoms with Crippen LogP contribution in [-0.4, -0.2) is 23.2 Å². The van der Waals surface area contributed by atoms with Gasteiger partial charge in [0.2, 0.25) is 0 Å². The summed E-state index contributed by atoms with van der Waals surface area (Å²) < 4.78 is 5.22. The van der Waals surface area contributed by atoms with Gasteiger partial charge in [0.25, 0.3) is 0 Å². The first-order valence-electron chi connectivity index (χ1n) is 6.45. The van der Waals surface area contributed by atoms with Gasteiger partial charge in [0.1, 0.15) is 5.75 Å². The number of ether oxygens (including phenoxy) is 1. The van der Waals surface area contributed by atoms with Gasteiger partial charge in [-0.25, -0.2) is 4.79 Å². The van der Waals surface area contributed by atoms with Gasteiger partial charge in [-0.15, -0.1) is 0 Å². The van der Waals surface area contributed by atoms with Crippen LogP contribution in [0.25, 0.3) is 22.0 Å². The average molecular weight is 279 g/mol. The minimum atomic E-state index is -0.941. The van der Waals surface area contributed by atoms with Crippen LogP contribution in [0.15, 0.2) is 54.7 Å². The van der Waals surface area contributed by atoms with Crippen molar-refractivity contribution in [1.29, 1.82) is 0 Å². The van der Waals surface area contributed by atoms with E-state index in [9.17, 15) is 4.79 Å². The molecule has 0 saturated carbocycles. The monoisotopic (exact) mass is 279 g/mol. The summed E-state index contributed by atoms with van der Waals surface area (Å²) in [7, 11) is 1.62. The summed E-state index contributed by atoms with van der Waals surface area (Å²) in [5.74, 6) is -0.171. The van der Waals surface area contributed by atoms with Crippen molar-refractivity contribution >= 4 is 16.9 Å². The van der Waals surface area contributed by atoms with Gasteiger partial charge in [-0.2, -0.15) is 0 Å². The molecular weight excluding hydrogens is 266 g/mol. The fourth-order valence-electron chi connectivity index (χ4n) is 2.23. The van der Waals surface area contributed by atoms with Crippen LogP contribution in [0, 0.1) is 0 Å². The molecule has 2 aromatic carbocycles. The second kappa shape index (κ2) is 5.25. The van der Waals surface area contributed by atoms with Crippen molar-refractivity contribution in [2.45, 2.75) is 0 Å². The Morgan fingerprint density at radius 2 is 1.95 bits per heavy atom. The zero-order valence-electron chi connectivity index (χ0n) is 11.4. The lowest BCUT2D eigenvalue weighted by molar-refractivity contribution is 0.0697. The Labute approximate surface area is 121 Å². The smallest absolute Gasteiger partial charge is 0.335 e. The molecule has 0 spiro atoms. The molecule has 0 radical (unpaired) electrons. The van der Waals surface area contributed by atoms with E-state index in [0.717, 1.165) is 27.8 Å². The Bertz CT molecular complexity index is 827. The number of aromatic carboxylic acids is 1. The summed E-state index contributed by atoms with van der Waals surface area (Å²) in [5.41, 5.74) is 2.92.